The molecule has 0 saturated heterocycles. The SMILES string of the molecule is O=C1OCCOCCOCCOC(=O)c2cc(-c3ccc(-c4cc(-c5ccccn5)nc(-c5ccccn5)c4)cc3)c(cc2-c2ccc(-c3cc(-c4ccccn4)nc(-c4ccccn4)c3)cc2)C(=O)OCCOCCOCCOC(=O)c2cc(-c3ccc(-c4cc(-c5ccccn5)nc(-c5ccccn5)c4)cc3)c1cc2-c1ccc(-c2cc(-c3ccccn3)nc(-c3ccccn3)c2)cc1. The van der Waals surface area contributed by atoms with Crippen molar-refractivity contribution in [3.63, 3.8) is 0 Å². The lowest BCUT2D eigenvalue weighted by Gasteiger charge is -2.18. The maximum atomic E-state index is 15.2. The fourth-order valence-electron chi connectivity index (χ4n) is 15.9. The van der Waals surface area contributed by atoms with E-state index >= 15 is 19.2 Å². The first kappa shape index (κ1) is 88.1. The van der Waals surface area contributed by atoms with E-state index in [2.05, 4.69) is 39.9 Å². The van der Waals surface area contributed by atoms with Crippen LogP contribution in [0.25, 0.3) is 180 Å². The number of ether oxygens (including phenoxy) is 8. The molecular weight excluding hydrogens is 1710 g/mol. The summed E-state index contributed by atoms with van der Waals surface area (Å²) in [4.78, 5) is 118. The highest BCUT2D eigenvalue weighted by molar-refractivity contribution is 6.07. The number of hydrogen-bond donors (Lipinski definition) is 0. The number of hydrogen-bond acceptors (Lipinski definition) is 24. The summed E-state index contributed by atoms with van der Waals surface area (Å²) < 4.78 is 48.8. The summed E-state index contributed by atoms with van der Waals surface area (Å²) in [7, 11) is 0. The van der Waals surface area contributed by atoms with Gasteiger partial charge in [0, 0.05) is 49.6 Å². The first-order valence-corrected chi connectivity index (χ1v) is 44.3. The van der Waals surface area contributed by atoms with Gasteiger partial charge in [-0.3, -0.25) is 39.9 Å². The Balaban J connectivity index is 0.624. The Labute approximate surface area is 782 Å². The van der Waals surface area contributed by atoms with Gasteiger partial charge in [0.25, 0.3) is 0 Å². The summed E-state index contributed by atoms with van der Waals surface area (Å²) in [6.07, 6.45) is 13.8. The van der Waals surface area contributed by atoms with Gasteiger partial charge in [-0.15, -0.1) is 0 Å². The van der Waals surface area contributed by atoms with Crippen LogP contribution >= 0.6 is 0 Å². The van der Waals surface area contributed by atoms with Crippen LogP contribution in [-0.2, 0) is 37.9 Å². The van der Waals surface area contributed by atoms with E-state index < -0.39 is 23.9 Å². The molecule has 0 spiro atoms. The molecule has 12 aromatic heterocycles. The second kappa shape index (κ2) is 42.4. The van der Waals surface area contributed by atoms with E-state index in [1.54, 1.807) is 73.8 Å². The molecule has 0 atom stereocenters. The molecule has 0 amide bonds. The minimum Gasteiger partial charge on any atom is -0.460 e. The van der Waals surface area contributed by atoms with Crippen LogP contribution < -0.4 is 0 Å². The van der Waals surface area contributed by atoms with Crippen molar-refractivity contribution in [3.05, 3.63) is 387 Å². The van der Waals surface area contributed by atoms with Crippen LogP contribution in [0.15, 0.2) is 365 Å². The Kier molecular flexibility index (Phi) is 27.5. The highest BCUT2D eigenvalue weighted by Gasteiger charge is 2.28. The molecule has 24 heteroatoms. The highest BCUT2D eigenvalue weighted by Crippen LogP contribution is 2.42. The van der Waals surface area contributed by atoms with Crippen molar-refractivity contribution in [3.8, 4) is 180 Å². The molecule has 664 valence electrons. The number of carbonyl (C=O) groups excluding carboxylic acids is 4. The van der Waals surface area contributed by atoms with Gasteiger partial charge in [-0.25, -0.2) is 39.1 Å². The molecule has 0 aliphatic carbocycles. The second-order valence-electron chi connectivity index (χ2n) is 31.4. The van der Waals surface area contributed by atoms with E-state index in [0.29, 0.717) is 136 Å². The van der Waals surface area contributed by atoms with E-state index in [4.69, 9.17) is 57.8 Å². The average molecular weight is 1790 g/mol. The van der Waals surface area contributed by atoms with Crippen LogP contribution in [-0.4, -0.2) is 163 Å². The summed E-state index contributed by atoms with van der Waals surface area (Å²) in [5.74, 6) is -2.79. The van der Waals surface area contributed by atoms with Gasteiger partial charge in [0.05, 0.1) is 166 Å². The zero-order valence-corrected chi connectivity index (χ0v) is 73.4. The summed E-state index contributed by atoms with van der Waals surface area (Å²) >= 11 is 0. The molecule has 0 saturated carbocycles. The average Bonchev–Trinajstić information content (AvgIpc) is 0.765. The lowest BCUT2D eigenvalue weighted by atomic mass is 9.89. The van der Waals surface area contributed by atoms with Gasteiger partial charge in [0.15, 0.2) is 0 Å². The number of carbonyl (C=O) groups is 4. The molecule has 4 aliphatic heterocycles. The first-order valence-electron chi connectivity index (χ1n) is 44.3. The third-order valence-corrected chi connectivity index (χ3v) is 22.6. The second-order valence-corrected chi connectivity index (χ2v) is 31.4. The number of esters is 4. The molecule has 18 aromatic rings. The normalized spacial score (nSPS) is 13.4. The van der Waals surface area contributed by atoms with Gasteiger partial charge >= 0.3 is 23.9 Å². The maximum absolute atomic E-state index is 15.2. The van der Waals surface area contributed by atoms with Crippen LogP contribution in [0.1, 0.15) is 41.4 Å². The lowest BCUT2D eigenvalue weighted by molar-refractivity contribution is 0.00211. The van der Waals surface area contributed by atoms with Crippen molar-refractivity contribution in [1.82, 2.24) is 59.8 Å². The zero-order valence-electron chi connectivity index (χ0n) is 73.4. The monoisotopic (exact) mass is 1790 g/mol. The minimum absolute atomic E-state index is 0.0318. The molecule has 16 heterocycles. The molecule has 6 aromatic carbocycles. The molecule has 0 unspecified atom stereocenters. The quantitative estimate of drug-likeness (QED) is 0.0641. The molecule has 4 aliphatic rings. The lowest BCUT2D eigenvalue weighted by Crippen LogP contribution is -2.18. The van der Waals surface area contributed by atoms with E-state index in [0.717, 1.165) is 44.5 Å². The molecule has 0 N–H and O–H groups in total. The number of aromatic nitrogens is 12. The van der Waals surface area contributed by atoms with Gasteiger partial charge in [0.1, 0.15) is 26.4 Å². The van der Waals surface area contributed by atoms with Crippen LogP contribution in [0, 0.1) is 0 Å². The van der Waals surface area contributed by atoms with Crippen molar-refractivity contribution in [2.75, 3.05) is 79.3 Å². The zero-order chi connectivity index (χ0) is 92.1. The number of rotatable bonds is 16. The molecule has 24 nitrogen and oxygen atoms in total. The predicted octanol–water partition coefficient (Wildman–Crippen LogP) is 21.5. The van der Waals surface area contributed by atoms with Gasteiger partial charge in [0.2, 0.25) is 0 Å². The Bertz CT molecular complexity index is 6160. The number of benzene rings is 6. The summed E-state index contributed by atoms with van der Waals surface area (Å²) in [5.41, 5.74) is 21.5. The Morgan fingerprint density at radius 1 is 0.147 bits per heavy atom. The summed E-state index contributed by atoms with van der Waals surface area (Å²) in [5, 5.41) is 0. The molecule has 4 bridgehead atoms. The van der Waals surface area contributed by atoms with Crippen molar-refractivity contribution in [2.24, 2.45) is 0 Å². The molecule has 0 radical (unpaired) electrons. The third kappa shape index (κ3) is 21.1. The Morgan fingerprint density at radius 3 is 0.456 bits per heavy atom. The van der Waals surface area contributed by atoms with Gasteiger partial charge < -0.3 is 37.9 Å². The highest BCUT2D eigenvalue weighted by atomic mass is 16.6. The van der Waals surface area contributed by atoms with Crippen molar-refractivity contribution in [1.29, 1.82) is 0 Å². The van der Waals surface area contributed by atoms with E-state index in [-0.39, 0.29) is 102 Å². The Morgan fingerprint density at radius 2 is 0.301 bits per heavy atom. The van der Waals surface area contributed by atoms with Crippen LogP contribution in [0.3, 0.4) is 0 Å². The van der Waals surface area contributed by atoms with Gasteiger partial charge in [-0.2, -0.15) is 0 Å². The molecular formula is C112H84N12O12. The number of pyridine rings is 12. The standard InChI is InChI=1S/C112H84N12O12/c125-109-89-70-86(78-35-27-74(28-36-78)82-63-103(95-19-3-11-43-115-95)122-104(64-82)96-20-4-12-44-116-96)90(69-85(89)77-33-25-73(26-34-77)81-61-101(93-17-1-9-41-113-93)121-102(62-81)94-18-2-10-42-114-94)110(126)134-58-54-130-51-52-132-56-60-136-112(128)92-72-87(79-37-29-75(30-38-79)83-65-105(97-21-5-13-45-117-97)123-106(66-83)98-22-6-14-46-118-98)91(111(127)135-59-55-131-50-49-129-53-57-133-109)71-88(92)80-39-31-76(32-40-80)84-67-107(99-23-7-15-47-119-99)124-108(68-84)100-24-8-16-48-120-100/h1-48,61-72H,49-60H2. The van der Waals surface area contributed by atoms with Crippen molar-refractivity contribution >= 4 is 23.9 Å². The topological polar surface area (TPSA) is 297 Å². The summed E-state index contributed by atoms with van der Waals surface area (Å²) in [6, 6.07) is 98.3. The van der Waals surface area contributed by atoms with E-state index in [1.165, 1.54) is 0 Å². The van der Waals surface area contributed by atoms with Crippen LogP contribution in [0.2, 0.25) is 0 Å². The van der Waals surface area contributed by atoms with Crippen molar-refractivity contribution < 1.29 is 57.1 Å². The van der Waals surface area contributed by atoms with Gasteiger partial charge in [-0.05, 0) is 259 Å². The van der Waals surface area contributed by atoms with Crippen molar-refractivity contribution in [2.45, 2.75) is 0 Å². The fourth-order valence-corrected chi connectivity index (χ4v) is 15.9. The predicted molar refractivity (Wildman–Crippen MR) is 518 cm³/mol. The fraction of sp³-hybridized carbons (Fsp3) is 0.107. The smallest absolute Gasteiger partial charge is 0.338 e. The minimum atomic E-state index is -0.697. The van der Waals surface area contributed by atoms with E-state index in [9.17, 15) is 0 Å². The van der Waals surface area contributed by atoms with Crippen LogP contribution in [0.4, 0.5) is 0 Å². The summed E-state index contributed by atoms with van der Waals surface area (Å²) in [6.45, 7) is -0.552. The van der Waals surface area contributed by atoms with E-state index in [1.807, 2.05) is 291 Å². The molecule has 0 fully saturated rings. The maximum Gasteiger partial charge on any atom is 0.338 e. The number of nitrogens with zero attached hydrogens (tertiary/aromatic N) is 12. The largest absolute Gasteiger partial charge is 0.460 e. The third-order valence-electron chi connectivity index (χ3n) is 22.6. The molecule has 136 heavy (non-hydrogen) atoms. The first-order chi connectivity index (χ1) is 67.1. The Hall–Kier alpha value is -17.2. The van der Waals surface area contributed by atoms with Crippen LogP contribution in [0.5, 0.6) is 0 Å². The van der Waals surface area contributed by atoms with Gasteiger partial charge in [-0.1, -0.05) is 146 Å². The molecule has 22 rings (SSSR count).